The molecule has 1 heterocycles. The van der Waals surface area contributed by atoms with Crippen molar-refractivity contribution in [3.63, 3.8) is 0 Å². The van der Waals surface area contributed by atoms with E-state index in [1.807, 2.05) is 0 Å². The van der Waals surface area contributed by atoms with Crippen LogP contribution < -0.4 is 4.74 Å². The lowest BCUT2D eigenvalue weighted by Gasteiger charge is -2.19. The highest BCUT2D eigenvalue weighted by atomic mass is 19.4. The van der Waals surface area contributed by atoms with Crippen LogP contribution in [0.1, 0.15) is 10.4 Å². The monoisotopic (exact) mass is 271 g/mol. The summed E-state index contributed by atoms with van der Waals surface area (Å²) in [6, 6.07) is 1.85. The zero-order valence-electron chi connectivity index (χ0n) is 8.54. The molecule has 100 valence electrons. The molecule has 1 aromatic rings. The van der Waals surface area contributed by atoms with Gasteiger partial charge in [0.1, 0.15) is 0 Å². The fourth-order valence-corrected chi connectivity index (χ4v) is 0.839. The van der Waals surface area contributed by atoms with Crippen LogP contribution in [-0.2, 0) is 0 Å². The Hall–Kier alpha value is -1.93. The molecule has 0 saturated heterocycles. The molecule has 0 spiro atoms. The van der Waals surface area contributed by atoms with E-state index < -0.39 is 30.6 Å². The molecule has 0 atom stereocenters. The second-order valence-electron chi connectivity index (χ2n) is 3.18. The number of hydrogen-bond acceptors (Lipinski definition) is 3. The summed E-state index contributed by atoms with van der Waals surface area (Å²) in [6.45, 7) is -1.92. The number of halogens is 5. The summed E-state index contributed by atoms with van der Waals surface area (Å²) in [6.07, 6.45) is -4.93. The summed E-state index contributed by atoms with van der Waals surface area (Å²) < 4.78 is 64.4. The predicted octanol–water partition coefficient (Wildman–Crippen LogP) is 2.36. The Morgan fingerprint density at radius 1 is 1.28 bits per heavy atom. The van der Waals surface area contributed by atoms with Gasteiger partial charge >= 0.3 is 18.1 Å². The molecule has 1 rings (SSSR count). The molecular weight excluding hydrogens is 265 g/mol. The van der Waals surface area contributed by atoms with E-state index in [-0.39, 0.29) is 5.56 Å². The molecule has 0 fully saturated rings. The summed E-state index contributed by atoms with van der Waals surface area (Å²) in [5.74, 6) is -6.83. The van der Waals surface area contributed by atoms with Crippen LogP contribution in [0.25, 0.3) is 0 Å². The number of carboxylic acid groups (broad SMARTS) is 1. The molecule has 0 bridgehead atoms. The van der Waals surface area contributed by atoms with Gasteiger partial charge in [-0.15, -0.1) is 0 Å². The van der Waals surface area contributed by atoms with Gasteiger partial charge in [-0.2, -0.15) is 22.0 Å². The third-order valence-corrected chi connectivity index (χ3v) is 1.80. The molecule has 0 aliphatic carbocycles. The lowest BCUT2D eigenvalue weighted by atomic mass is 10.3. The van der Waals surface area contributed by atoms with Crippen molar-refractivity contribution in [3.8, 4) is 5.88 Å². The van der Waals surface area contributed by atoms with Gasteiger partial charge in [0.05, 0.1) is 5.56 Å². The lowest BCUT2D eigenvalue weighted by molar-refractivity contribution is -0.290. The van der Waals surface area contributed by atoms with E-state index >= 15 is 0 Å². The van der Waals surface area contributed by atoms with Gasteiger partial charge in [-0.1, -0.05) is 0 Å². The smallest absolute Gasteiger partial charge is 0.456 e. The summed E-state index contributed by atoms with van der Waals surface area (Å²) in [5, 5.41) is 8.49. The average molecular weight is 271 g/mol. The molecule has 0 aliphatic heterocycles. The molecule has 0 aromatic carbocycles. The maximum Gasteiger partial charge on any atom is 0.456 e. The van der Waals surface area contributed by atoms with Gasteiger partial charge in [-0.25, -0.2) is 9.78 Å². The standard InChI is InChI=1S/C9H6F5NO3/c10-8(11,9(12,13)14)4-18-6-2-1-5(3-15-6)7(16)17/h1-3H,4H2,(H,16,17). The number of pyridine rings is 1. The molecule has 1 N–H and O–H groups in total. The molecule has 0 aliphatic rings. The van der Waals surface area contributed by atoms with E-state index in [2.05, 4.69) is 9.72 Å². The highest BCUT2D eigenvalue weighted by Crippen LogP contribution is 2.35. The van der Waals surface area contributed by atoms with Crippen LogP contribution in [0.4, 0.5) is 22.0 Å². The molecule has 0 amide bonds. The van der Waals surface area contributed by atoms with Crippen LogP contribution in [0.3, 0.4) is 0 Å². The first kappa shape index (κ1) is 14.1. The van der Waals surface area contributed by atoms with Gasteiger partial charge in [0.15, 0.2) is 6.61 Å². The Balaban J connectivity index is 2.67. The van der Waals surface area contributed by atoms with Gasteiger partial charge in [0, 0.05) is 12.3 Å². The quantitative estimate of drug-likeness (QED) is 0.854. The minimum Gasteiger partial charge on any atom is -0.478 e. The number of rotatable bonds is 4. The van der Waals surface area contributed by atoms with Crippen molar-refractivity contribution < 1.29 is 36.6 Å². The number of alkyl halides is 5. The molecule has 4 nitrogen and oxygen atoms in total. The van der Waals surface area contributed by atoms with Crippen LogP contribution in [0.15, 0.2) is 18.3 Å². The van der Waals surface area contributed by atoms with Crippen LogP contribution in [0.2, 0.25) is 0 Å². The van der Waals surface area contributed by atoms with E-state index in [0.717, 1.165) is 18.3 Å². The summed E-state index contributed by atoms with van der Waals surface area (Å²) in [7, 11) is 0. The second kappa shape index (κ2) is 4.75. The van der Waals surface area contributed by atoms with Crippen molar-refractivity contribution in [1.82, 2.24) is 4.98 Å². The highest BCUT2D eigenvalue weighted by molar-refractivity contribution is 5.87. The van der Waals surface area contributed by atoms with Crippen LogP contribution in [0, 0.1) is 0 Å². The fourth-order valence-electron chi connectivity index (χ4n) is 0.839. The van der Waals surface area contributed by atoms with Crippen molar-refractivity contribution in [2.24, 2.45) is 0 Å². The third-order valence-electron chi connectivity index (χ3n) is 1.80. The first-order valence-electron chi connectivity index (χ1n) is 4.40. The van der Waals surface area contributed by atoms with Gasteiger partial charge in [0.2, 0.25) is 5.88 Å². The van der Waals surface area contributed by atoms with Crippen molar-refractivity contribution in [1.29, 1.82) is 0 Å². The molecule has 18 heavy (non-hydrogen) atoms. The Bertz CT molecular complexity index is 429. The summed E-state index contributed by atoms with van der Waals surface area (Å²) >= 11 is 0. The van der Waals surface area contributed by atoms with E-state index in [1.165, 1.54) is 0 Å². The molecule has 0 unspecified atom stereocenters. The number of carbonyl (C=O) groups is 1. The summed E-state index contributed by atoms with van der Waals surface area (Å²) in [4.78, 5) is 13.7. The molecule has 0 radical (unpaired) electrons. The maximum absolute atomic E-state index is 12.5. The van der Waals surface area contributed by atoms with E-state index in [9.17, 15) is 26.7 Å². The second-order valence-corrected chi connectivity index (χ2v) is 3.18. The van der Waals surface area contributed by atoms with E-state index in [4.69, 9.17) is 5.11 Å². The number of aromatic carboxylic acids is 1. The van der Waals surface area contributed by atoms with Crippen molar-refractivity contribution in [2.45, 2.75) is 12.1 Å². The Morgan fingerprint density at radius 3 is 2.28 bits per heavy atom. The van der Waals surface area contributed by atoms with Crippen LogP contribution >= 0.6 is 0 Å². The third kappa shape index (κ3) is 3.28. The van der Waals surface area contributed by atoms with Crippen molar-refractivity contribution in [2.75, 3.05) is 6.61 Å². The number of ether oxygens (including phenoxy) is 1. The minimum atomic E-state index is -5.71. The van der Waals surface area contributed by atoms with Gasteiger partial charge in [-0.05, 0) is 6.07 Å². The zero-order chi connectivity index (χ0) is 14.0. The number of nitrogens with zero attached hydrogens (tertiary/aromatic N) is 1. The number of carboxylic acids is 1. The zero-order valence-corrected chi connectivity index (χ0v) is 8.54. The van der Waals surface area contributed by atoms with Crippen molar-refractivity contribution >= 4 is 5.97 Å². The van der Waals surface area contributed by atoms with Gasteiger partial charge in [-0.3, -0.25) is 0 Å². The topological polar surface area (TPSA) is 59.4 Å². The largest absolute Gasteiger partial charge is 0.478 e. The predicted molar refractivity (Wildman–Crippen MR) is 47.7 cm³/mol. The Labute approximate surface area is 97.0 Å². The lowest BCUT2D eigenvalue weighted by Crippen LogP contribution is -2.41. The number of aromatic nitrogens is 1. The normalized spacial score (nSPS) is 12.3. The number of hydrogen-bond donors (Lipinski definition) is 1. The van der Waals surface area contributed by atoms with E-state index in [1.54, 1.807) is 0 Å². The van der Waals surface area contributed by atoms with Crippen LogP contribution in [-0.4, -0.2) is 34.8 Å². The molecule has 1 aromatic heterocycles. The Morgan fingerprint density at radius 2 is 1.89 bits per heavy atom. The van der Waals surface area contributed by atoms with Gasteiger partial charge in [0.25, 0.3) is 0 Å². The molecule has 9 heteroatoms. The minimum absolute atomic E-state index is 0.245. The van der Waals surface area contributed by atoms with Crippen LogP contribution in [0.5, 0.6) is 5.88 Å². The SMILES string of the molecule is O=C(O)c1ccc(OCC(F)(F)C(F)(F)F)nc1. The first-order chi connectivity index (χ1) is 8.13. The molecule has 0 saturated carbocycles. The Kier molecular flexibility index (Phi) is 3.73. The summed E-state index contributed by atoms with van der Waals surface area (Å²) in [5.41, 5.74) is -0.245. The maximum atomic E-state index is 12.5. The van der Waals surface area contributed by atoms with E-state index in [0.29, 0.717) is 0 Å². The first-order valence-corrected chi connectivity index (χ1v) is 4.40. The highest BCUT2D eigenvalue weighted by Gasteiger charge is 2.58. The fraction of sp³-hybridized carbons (Fsp3) is 0.333. The molecular formula is C9H6F5NO3. The van der Waals surface area contributed by atoms with Crippen molar-refractivity contribution in [3.05, 3.63) is 23.9 Å². The average Bonchev–Trinajstić information content (AvgIpc) is 2.25. The van der Waals surface area contributed by atoms with Gasteiger partial charge < -0.3 is 9.84 Å².